The molecule has 0 saturated heterocycles. The number of rotatable bonds is 4. The van der Waals surface area contributed by atoms with E-state index in [1.807, 2.05) is 0 Å². The van der Waals surface area contributed by atoms with Gasteiger partial charge in [-0.2, -0.15) is 0 Å². The molecule has 0 aliphatic carbocycles. The van der Waals surface area contributed by atoms with Crippen LogP contribution in [0.5, 0.6) is 0 Å². The van der Waals surface area contributed by atoms with Crippen molar-refractivity contribution < 1.29 is 4.74 Å². The third kappa shape index (κ3) is 7.34. The highest BCUT2D eigenvalue weighted by Gasteiger charge is 2.09. The second-order valence-corrected chi connectivity index (χ2v) is 6.41. The van der Waals surface area contributed by atoms with Gasteiger partial charge in [0.2, 0.25) is 0 Å². The van der Waals surface area contributed by atoms with Gasteiger partial charge in [-0.15, -0.1) is 0 Å². The van der Waals surface area contributed by atoms with E-state index in [9.17, 15) is 0 Å². The van der Waals surface area contributed by atoms with Crippen LogP contribution in [0.2, 0.25) is 13.1 Å². The summed E-state index contributed by atoms with van der Waals surface area (Å²) in [5.74, 6) is 0. The third-order valence-corrected chi connectivity index (χ3v) is 3.88. The van der Waals surface area contributed by atoms with Crippen LogP contribution in [0.1, 0.15) is 13.3 Å². The SMILES string of the molecule is CCCOC(Cl)[SiH](C)C.[MgH2]. The van der Waals surface area contributed by atoms with Gasteiger partial charge < -0.3 is 4.74 Å². The van der Waals surface area contributed by atoms with E-state index in [1.54, 1.807) is 0 Å². The van der Waals surface area contributed by atoms with Gasteiger partial charge in [0.15, 0.2) is 0 Å². The van der Waals surface area contributed by atoms with E-state index in [-0.39, 0.29) is 28.2 Å². The average Bonchev–Trinajstić information content (AvgIpc) is 1.82. The van der Waals surface area contributed by atoms with E-state index in [1.165, 1.54) is 0 Å². The Labute approximate surface area is 86.2 Å². The van der Waals surface area contributed by atoms with Crippen molar-refractivity contribution in [3.05, 3.63) is 0 Å². The Morgan fingerprint density at radius 3 is 2.30 bits per heavy atom. The van der Waals surface area contributed by atoms with Crippen LogP contribution in [0.3, 0.4) is 0 Å². The molecule has 0 fully saturated rings. The van der Waals surface area contributed by atoms with Crippen molar-refractivity contribution in [2.75, 3.05) is 6.61 Å². The molecule has 0 bridgehead atoms. The molecule has 0 N–H and O–H groups in total. The average molecular weight is 193 g/mol. The van der Waals surface area contributed by atoms with Gasteiger partial charge in [0.1, 0.15) is 5.19 Å². The van der Waals surface area contributed by atoms with E-state index < -0.39 is 8.80 Å². The van der Waals surface area contributed by atoms with Crippen molar-refractivity contribution in [2.45, 2.75) is 31.6 Å². The number of hydrogen-bond acceptors (Lipinski definition) is 1. The molecule has 1 atom stereocenters. The lowest BCUT2D eigenvalue weighted by Crippen LogP contribution is -2.21. The zero-order valence-electron chi connectivity index (χ0n) is 6.36. The van der Waals surface area contributed by atoms with Gasteiger partial charge in [-0.1, -0.05) is 31.6 Å². The van der Waals surface area contributed by atoms with Crippen LogP contribution in [-0.4, -0.2) is 43.6 Å². The quantitative estimate of drug-likeness (QED) is 0.479. The zero-order valence-corrected chi connectivity index (χ0v) is 8.27. The van der Waals surface area contributed by atoms with Crippen LogP contribution in [0.4, 0.5) is 0 Å². The molecule has 0 amide bonds. The minimum absolute atomic E-state index is 0. The van der Waals surface area contributed by atoms with E-state index in [2.05, 4.69) is 20.0 Å². The van der Waals surface area contributed by atoms with E-state index >= 15 is 0 Å². The zero-order chi connectivity index (χ0) is 7.28. The maximum atomic E-state index is 5.83. The lowest BCUT2D eigenvalue weighted by Gasteiger charge is -2.11. The van der Waals surface area contributed by atoms with Gasteiger partial charge in [-0.05, 0) is 6.42 Å². The minimum Gasteiger partial charge on any atom is -0.367 e. The smallest absolute Gasteiger partial charge is 0.316 e. The van der Waals surface area contributed by atoms with Crippen LogP contribution in [0, 0.1) is 0 Å². The molecule has 0 saturated carbocycles. The molecule has 1 nitrogen and oxygen atoms in total. The monoisotopic (exact) mass is 192 g/mol. The highest BCUT2D eigenvalue weighted by molar-refractivity contribution is 6.66. The van der Waals surface area contributed by atoms with Gasteiger partial charge in [-0.25, -0.2) is 0 Å². The predicted molar refractivity (Wildman–Crippen MR) is 53.3 cm³/mol. The Bertz CT molecular complexity index is 72.8. The maximum Gasteiger partial charge on any atom is 0.316 e. The predicted octanol–water partition coefficient (Wildman–Crippen LogP) is 1.09. The third-order valence-electron chi connectivity index (χ3n) is 1.01. The Morgan fingerprint density at radius 2 is 2.00 bits per heavy atom. The summed E-state index contributed by atoms with van der Waals surface area (Å²) in [6.45, 7) is 7.27. The molecule has 0 aromatic carbocycles. The highest BCUT2D eigenvalue weighted by atomic mass is 35.5. The van der Waals surface area contributed by atoms with Crippen molar-refractivity contribution in [3.63, 3.8) is 0 Å². The first-order valence-corrected chi connectivity index (χ1v) is 6.85. The lowest BCUT2D eigenvalue weighted by molar-refractivity contribution is 0.151. The molecule has 4 heteroatoms. The Kier molecular flexibility index (Phi) is 11.5. The summed E-state index contributed by atoms with van der Waals surface area (Å²) in [7, 11) is -0.753. The van der Waals surface area contributed by atoms with Crippen LogP contribution >= 0.6 is 11.6 Å². The van der Waals surface area contributed by atoms with Gasteiger partial charge >= 0.3 is 23.1 Å². The summed E-state index contributed by atoms with van der Waals surface area (Å²) < 4.78 is 5.28. The fourth-order valence-corrected chi connectivity index (χ4v) is 1.03. The van der Waals surface area contributed by atoms with Gasteiger partial charge in [-0.3, -0.25) is 0 Å². The van der Waals surface area contributed by atoms with E-state index in [4.69, 9.17) is 16.3 Å². The Hall–Kier alpha value is 1.23. The molecule has 1 unspecified atom stereocenters. The molecule has 0 radical (unpaired) electrons. The first kappa shape index (κ1) is 13.8. The highest BCUT2D eigenvalue weighted by Crippen LogP contribution is 2.03. The Balaban J connectivity index is 0. The van der Waals surface area contributed by atoms with E-state index in [0.717, 1.165) is 13.0 Å². The molecule has 0 heterocycles. The second-order valence-electron chi connectivity index (χ2n) is 2.47. The number of hydrogen-bond donors (Lipinski definition) is 0. The van der Waals surface area contributed by atoms with Crippen LogP contribution < -0.4 is 0 Å². The minimum atomic E-state index is -0.753. The van der Waals surface area contributed by atoms with Crippen molar-refractivity contribution in [1.29, 1.82) is 0 Å². The van der Waals surface area contributed by atoms with Gasteiger partial charge in [0.25, 0.3) is 0 Å². The molecule has 0 aliphatic rings. The van der Waals surface area contributed by atoms with Crippen molar-refractivity contribution in [1.82, 2.24) is 0 Å². The molecule has 0 spiro atoms. The standard InChI is InChI=1S/C6H15ClOSi.Mg.2H/c1-4-5-8-6(7)9(2)3;;;/h6,9H,4-5H2,1-3H3;;;. The summed E-state index contributed by atoms with van der Waals surface area (Å²) in [6.07, 6.45) is 1.06. The number of ether oxygens (including phenoxy) is 1. The van der Waals surface area contributed by atoms with Gasteiger partial charge in [0.05, 0.1) is 8.80 Å². The molecule has 0 rings (SSSR count). The van der Waals surface area contributed by atoms with E-state index in [0.29, 0.717) is 0 Å². The normalized spacial score (nSPS) is 12.9. The summed E-state index contributed by atoms with van der Waals surface area (Å²) in [5.41, 5.74) is 0. The molecule has 0 aromatic rings. The fraction of sp³-hybridized carbons (Fsp3) is 1.00. The molecule has 60 valence electrons. The molecular weight excluding hydrogens is 176 g/mol. The Morgan fingerprint density at radius 1 is 1.50 bits per heavy atom. The van der Waals surface area contributed by atoms with Crippen molar-refractivity contribution in [3.8, 4) is 0 Å². The van der Waals surface area contributed by atoms with Crippen LogP contribution in [0.15, 0.2) is 0 Å². The fourth-order valence-electron chi connectivity index (χ4n) is 0.423. The maximum absolute atomic E-state index is 5.83. The van der Waals surface area contributed by atoms with Crippen LogP contribution in [-0.2, 0) is 4.74 Å². The van der Waals surface area contributed by atoms with Crippen molar-refractivity contribution in [2.24, 2.45) is 0 Å². The van der Waals surface area contributed by atoms with Gasteiger partial charge in [0, 0.05) is 6.61 Å². The second kappa shape index (κ2) is 8.33. The summed E-state index contributed by atoms with van der Waals surface area (Å²) in [5, 5.41) is 0.0324. The van der Waals surface area contributed by atoms with Crippen molar-refractivity contribution >= 4 is 43.5 Å². The first-order chi connectivity index (χ1) is 4.18. The summed E-state index contributed by atoms with van der Waals surface area (Å²) in [4.78, 5) is 0. The van der Waals surface area contributed by atoms with Crippen LogP contribution in [0.25, 0.3) is 0 Å². The summed E-state index contributed by atoms with van der Waals surface area (Å²) in [6, 6.07) is 0. The largest absolute Gasteiger partial charge is 0.367 e. The number of alkyl halides is 1. The lowest BCUT2D eigenvalue weighted by atomic mass is 10.5. The molecule has 0 aromatic heterocycles. The molecule has 10 heavy (non-hydrogen) atoms. The summed E-state index contributed by atoms with van der Waals surface area (Å²) >= 11 is 5.83. The molecule has 0 aliphatic heterocycles. The topological polar surface area (TPSA) is 9.23 Å². The number of halogens is 1. The first-order valence-electron chi connectivity index (χ1n) is 3.44. The molecular formula is C6H17ClMgOSi.